The van der Waals surface area contributed by atoms with Gasteiger partial charge in [0.1, 0.15) is 5.75 Å². The Bertz CT molecular complexity index is 755. The average molecular weight is 366 g/mol. The van der Waals surface area contributed by atoms with Crippen molar-refractivity contribution in [2.45, 2.75) is 57.2 Å². The highest BCUT2D eigenvalue weighted by Crippen LogP contribution is 2.49. The number of methoxy groups -OCH3 is 1. The van der Waals surface area contributed by atoms with Crippen LogP contribution < -0.4 is 4.74 Å². The maximum atomic E-state index is 11.4. The number of aliphatic hydroxyl groups is 1. The van der Waals surface area contributed by atoms with Crippen LogP contribution >= 0.6 is 0 Å². The van der Waals surface area contributed by atoms with E-state index in [0.717, 1.165) is 44.5 Å². The summed E-state index contributed by atoms with van der Waals surface area (Å²) in [5.74, 6) is 1.19. The Labute approximate surface area is 163 Å². The van der Waals surface area contributed by atoms with Gasteiger partial charge in [0, 0.05) is 25.0 Å². The van der Waals surface area contributed by atoms with Crippen molar-refractivity contribution in [3.8, 4) is 5.75 Å². The first-order valence-corrected chi connectivity index (χ1v) is 10.2. The van der Waals surface area contributed by atoms with Gasteiger partial charge in [0.2, 0.25) is 0 Å². The molecule has 3 atom stereocenters. The van der Waals surface area contributed by atoms with Crippen LogP contribution in [0.3, 0.4) is 0 Å². The van der Waals surface area contributed by atoms with Crippen LogP contribution in [0.2, 0.25) is 0 Å². The van der Waals surface area contributed by atoms with E-state index in [-0.39, 0.29) is 6.04 Å². The molecule has 2 aromatic rings. The number of hydrogen-bond acceptors (Lipinski definition) is 3. The van der Waals surface area contributed by atoms with Crippen molar-refractivity contribution in [1.29, 1.82) is 0 Å². The minimum Gasteiger partial charge on any atom is -0.497 e. The molecule has 1 aliphatic heterocycles. The number of piperidine rings is 1. The molecule has 0 aromatic heterocycles. The molecule has 1 saturated heterocycles. The van der Waals surface area contributed by atoms with Gasteiger partial charge < -0.3 is 9.84 Å². The molecule has 4 rings (SSSR count). The van der Waals surface area contributed by atoms with Crippen molar-refractivity contribution >= 4 is 0 Å². The molecule has 1 aliphatic carbocycles. The maximum absolute atomic E-state index is 11.4. The number of rotatable bonds is 4. The molecule has 3 nitrogen and oxygen atoms in total. The third kappa shape index (κ3) is 3.76. The number of nitrogens with zero attached hydrogens (tertiary/aromatic N) is 1. The molecular formula is C24H31NO2. The lowest BCUT2D eigenvalue weighted by Gasteiger charge is -2.52. The molecule has 2 fully saturated rings. The summed E-state index contributed by atoms with van der Waals surface area (Å²) in [6.07, 6.45) is 5.31. The van der Waals surface area contributed by atoms with Crippen LogP contribution in [0.25, 0.3) is 0 Å². The van der Waals surface area contributed by atoms with Gasteiger partial charge in [-0.2, -0.15) is 0 Å². The topological polar surface area (TPSA) is 32.7 Å². The second-order valence-corrected chi connectivity index (χ2v) is 8.38. The van der Waals surface area contributed by atoms with Gasteiger partial charge in [0.15, 0.2) is 0 Å². The van der Waals surface area contributed by atoms with E-state index < -0.39 is 5.60 Å². The van der Waals surface area contributed by atoms with Crippen LogP contribution in [-0.4, -0.2) is 29.3 Å². The molecule has 3 heteroatoms. The zero-order valence-electron chi connectivity index (χ0n) is 16.5. The van der Waals surface area contributed by atoms with Crippen LogP contribution in [0.4, 0.5) is 0 Å². The summed E-state index contributed by atoms with van der Waals surface area (Å²) in [6, 6.07) is 17.6. The van der Waals surface area contributed by atoms with Crippen molar-refractivity contribution in [1.82, 2.24) is 4.90 Å². The van der Waals surface area contributed by atoms with E-state index in [2.05, 4.69) is 60.4 Å². The normalized spacial score (nSPS) is 28.6. The first kappa shape index (κ1) is 18.5. The molecule has 1 saturated carbocycles. The van der Waals surface area contributed by atoms with Gasteiger partial charge >= 0.3 is 0 Å². The Balaban J connectivity index is 1.66. The second kappa shape index (κ2) is 7.65. The molecule has 2 aromatic carbocycles. The molecular weight excluding hydrogens is 334 g/mol. The molecule has 2 aliphatic rings. The minimum atomic E-state index is -0.507. The van der Waals surface area contributed by atoms with Crippen LogP contribution in [0.15, 0.2) is 48.5 Å². The van der Waals surface area contributed by atoms with E-state index in [9.17, 15) is 5.11 Å². The molecule has 1 heterocycles. The third-order valence-corrected chi connectivity index (χ3v) is 6.64. The van der Waals surface area contributed by atoms with Crippen molar-refractivity contribution in [2.24, 2.45) is 5.92 Å². The summed E-state index contributed by atoms with van der Waals surface area (Å²) in [6.45, 7) is 4.01. The number of likely N-dealkylation sites (tertiary alicyclic amines) is 1. The largest absolute Gasteiger partial charge is 0.497 e. The van der Waals surface area contributed by atoms with E-state index in [1.807, 2.05) is 0 Å². The first-order chi connectivity index (χ1) is 13.1. The van der Waals surface area contributed by atoms with E-state index in [1.165, 1.54) is 23.1 Å². The summed E-state index contributed by atoms with van der Waals surface area (Å²) in [7, 11) is 1.71. The Morgan fingerprint density at radius 3 is 2.48 bits per heavy atom. The van der Waals surface area contributed by atoms with Gasteiger partial charge in [-0.05, 0) is 49.4 Å². The summed E-state index contributed by atoms with van der Waals surface area (Å²) in [4.78, 5) is 2.58. The Hall–Kier alpha value is -1.84. The van der Waals surface area contributed by atoms with Crippen LogP contribution in [-0.2, 0) is 6.54 Å². The fourth-order valence-electron chi connectivity index (χ4n) is 5.09. The molecule has 27 heavy (non-hydrogen) atoms. The number of benzene rings is 2. The summed E-state index contributed by atoms with van der Waals surface area (Å²) < 4.78 is 5.35. The van der Waals surface area contributed by atoms with Gasteiger partial charge in [-0.25, -0.2) is 0 Å². The molecule has 0 radical (unpaired) electrons. The maximum Gasteiger partial charge on any atom is 0.118 e. The molecule has 0 bridgehead atoms. The van der Waals surface area contributed by atoms with Gasteiger partial charge in [-0.3, -0.25) is 4.90 Å². The second-order valence-electron chi connectivity index (χ2n) is 8.38. The van der Waals surface area contributed by atoms with E-state index in [4.69, 9.17) is 4.74 Å². The standard InChI is InChI=1S/C24H31NO2/c1-18-6-8-19(9-7-18)17-25-16-15-24(26)14-4-3-5-22(24)23(25)20-10-12-21(27-2)13-11-20/h6-13,22-23,26H,3-5,14-17H2,1-2H3. The van der Waals surface area contributed by atoms with Crippen molar-refractivity contribution in [2.75, 3.05) is 13.7 Å². The summed E-state index contributed by atoms with van der Waals surface area (Å²) in [5.41, 5.74) is 3.44. The van der Waals surface area contributed by atoms with Crippen LogP contribution in [0, 0.1) is 12.8 Å². The SMILES string of the molecule is COc1ccc(C2C3CCCCC3(O)CCN2Cc2ccc(C)cc2)cc1. The zero-order chi connectivity index (χ0) is 18.9. The highest BCUT2D eigenvalue weighted by molar-refractivity contribution is 5.31. The zero-order valence-corrected chi connectivity index (χ0v) is 16.5. The van der Waals surface area contributed by atoms with Gasteiger partial charge in [-0.15, -0.1) is 0 Å². The van der Waals surface area contributed by atoms with Gasteiger partial charge in [-0.1, -0.05) is 54.8 Å². The number of aryl methyl sites for hydroxylation is 1. The van der Waals surface area contributed by atoms with Gasteiger partial charge in [0.05, 0.1) is 12.7 Å². The molecule has 0 amide bonds. The number of ether oxygens (including phenoxy) is 1. The lowest BCUT2D eigenvalue weighted by atomic mass is 9.66. The summed E-state index contributed by atoms with van der Waals surface area (Å²) >= 11 is 0. The highest BCUT2D eigenvalue weighted by atomic mass is 16.5. The Morgan fingerprint density at radius 1 is 1.04 bits per heavy atom. The predicted octanol–water partition coefficient (Wildman–Crippen LogP) is 4.87. The molecule has 3 unspecified atom stereocenters. The quantitative estimate of drug-likeness (QED) is 0.839. The van der Waals surface area contributed by atoms with E-state index in [1.54, 1.807) is 7.11 Å². The summed E-state index contributed by atoms with van der Waals surface area (Å²) in [5, 5.41) is 11.4. The highest BCUT2D eigenvalue weighted by Gasteiger charge is 2.48. The van der Waals surface area contributed by atoms with Crippen molar-refractivity contribution < 1.29 is 9.84 Å². The number of fused-ring (bicyclic) bond motifs is 1. The minimum absolute atomic E-state index is 0.260. The molecule has 1 N–H and O–H groups in total. The van der Waals surface area contributed by atoms with Crippen molar-refractivity contribution in [3.63, 3.8) is 0 Å². The third-order valence-electron chi connectivity index (χ3n) is 6.64. The predicted molar refractivity (Wildman–Crippen MR) is 109 cm³/mol. The molecule has 144 valence electrons. The Kier molecular flexibility index (Phi) is 5.25. The van der Waals surface area contributed by atoms with E-state index in [0.29, 0.717) is 5.92 Å². The lowest BCUT2D eigenvalue weighted by Crippen LogP contribution is -2.54. The van der Waals surface area contributed by atoms with E-state index >= 15 is 0 Å². The fraction of sp³-hybridized carbons (Fsp3) is 0.500. The average Bonchev–Trinajstić information content (AvgIpc) is 2.70. The smallest absolute Gasteiger partial charge is 0.118 e. The van der Waals surface area contributed by atoms with Crippen LogP contribution in [0.5, 0.6) is 5.75 Å². The Morgan fingerprint density at radius 2 is 1.78 bits per heavy atom. The number of hydrogen-bond donors (Lipinski definition) is 1. The van der Waals surface area contributed by atoms with Crippen LogP contribution in [0.1, 0.15) is 54.8 Å². The van der Waals surface area contributed by atoms with Crippen molar-refractivity contribution in [3.05, 3.63) is 65.2 Å². The lowest BCUT2D eigenvalue weighted by molar-refractivity contribution is -0.126. The fourth-order valence-corrected chi connectivity index (χ4v) is 5.09. The first-order valence-electron chi connectivity index (χ1n) is 10.2. The monoisotopic (exact) mass is 365 g/mol. The molecule has 0 spiro atoms. The van der Waals surface area contributed by atoms with Gasteiger partial charge in [0.25, 0.3) is 0 Å².